The van der Waals surface area contributed by atoms with Crippen LogP contribution >= 0.6 is 0 Å². The lowest BCUT2D eigenvalue weighted by molar-refractivity contribution is -0.117. The van der Waals surface area contributed by atoms with Crippen LogP contribution in [0.15, 0.2) is 16.7 Å². The molecule has 11 heavy (non-hydrogen) atoms. The molecule has 1 aromatic heterocycles. The molecule has 0 aliphatic heterocycles. The zero-order valence-corrected chi connectivity index (χ0v) is 6.89. The minimum atomic E-state index is 0.209. The van der Waals surface area contributed by atoms with Crippen molar-refractivity contribution in [2.45, 2.75) is 26.7 Å². The molecule has 0 aliphatic carbocycles. The highest BCUT2D eigenvalue weighted by Crippen LogP contribution is 2.10. The van der Waals surface area contributed by atoms with Crippen LogP contribution in [0.25, 0.3) is 0 Å². The van der Waals surface area contributed by atoms with Crippen LogP contribution in [0.4, 0.5) is 0 Å². The van der Waals surface area contributed by atoms with Crippen LogP contribution in [-0.2, 0) is 11.2 Å². The van der Waals surface area contributed by atoms with Crippen LogP contribution < -0.4 is 0 Å². The predicted octanol–water partition coefficient (Wildman–Crippen LogP) is 2.11. The van der Waals surface area contributed by atoms with Gasteiger partial charge in [-0.2, -0.15) is 0 Å². The molecule has 0 saturated carbocycles. The molecule has 0 spiro atoms. The molecular formula is C9H12O2. The van der Waals surface area contributed by atoms with Crippen LogP contribution in [0.3, 0.4) is 0 Å². The maximum Gasteiger partial charge on any atom is 0.130 e. The van der Waals surface area contributed by atoms with E-state index in [1.807, 2.05) is 13.0 Å². The maximum absolute atomic E-state index is 10.6. The number of hydrogen-bond donors (Lipinski definition) is 0. The lowest BCUT2D eigenvalue weighted by Gasteiger charge is -1.94. The summed E-state index contributed by atoms with van der Waals surface area (Å²) in [5, 5.41) is 0. The summed E-state index contributed by atoms with van der Waals surface area (Å²) in [7, 11) is 0. The van der Waals surface area contributed by atoms with Gasteiger partial charge in [-0.3, -0.25) is 0 Å². The number of rotatable bonds is 3. The molecule has 0 N–H and O–H groups in total. The summed E-state index contributed by atoms with van der Waals surface area (Å²) < 4.78 is 5.16. The van der Waals surface area contributed by atoms with Crippen molar-refractivity contribution in [2.75, 3.05) is 0 Å². The zero-order valence-electron chi connectivity index (χ0n) is 6.89. The van der Waals surface area contributed by atoms with Crippen molar-refractivity contribution < 1.29 is 9.21 Å². The normalized spacial score (nSPS) is 10.0. The Morgan fingerprint density at radius 2 is 2.36 bits per heavy atom. The molecule has 0 aliphatic rings. The van der Waals surface area contributed by atoms with Gasteiger partial charge in [-0.15, -0.1) is 0 Å². The summed E-state index contributed by atoms with van der Waals surface area (Å²) in [5.74, 6) is 1.14. The van der Waals surface area contributed by atoms with Crippen molar-refractivity contribution in [1.29, 1.82) is 0 Å². The second-order valence-corrected chi connectivity index (χ2v) is 2.73. The number of carbonyl (C=O) groups excluding carboxylic acids is 1. The molecule has 60 valence electrons. The van der Waals surface area contributed by atoms with Gasteiger partial charge in [0.05, 0.1) is 6.26 Å². The number of hydrogen-bond acceptors (Lipinski definition) is 2. The molecule has 0 amide bonds. The molecule has 0 unspecified atom stereocenters. The molecule has 0 radical (unpaired) electrons. The quantitative estimate of drug-likeness (QED) is 0.664. The van der Waals surface area contributed by atoms with Crippen LogP contribution in [0.5, 0.6) is 0 Å². The van der Waals surface area contributed by atoms with Gasteiger partial charge in [0.25, 0.3) is 0 Å². The molecule has 0 atom stereocenters. The number of carbonyl (C=O) groups is 1. The number of furan rings is 1. The van der Waals surface area contributed by atoms with Crippen LogP contribution in [0, 0.1) is 6.92 Å². The first kappa shape index (κ1) is 8.05. The van der Waals surface area contributed by atoms with Gasteiger partial charge >= 0.3 is 0 Å². The van der Waals surface area contributed by atoms with Crippen molar-refractivity contribution in [1.82, 2.24) is 0 Å². The maximum atomic E-state index is 10.6. The van der Waals surface area contributed by atoms with E-state index < -0.39 is 0 Å². The monoisotopic (exact) mass is 152 g/mol. The lowest BCUT2D eigenvalue weighted by atomic mass is 10.1. The number of aryl methyl sites for hydroxylation is 2. The standard InChI is InChI=1S/C9H12O2/c1-7-5-6-11-9(7)4-3-8(2)10/h5-6H,3-4H2,1-2H3. The van der Waals surface area contributed by atoms with Crippen molar-refractivity contribution in [2.24, 2.45) is 0 Å². The van der Waals surface area contributed by atoms with Gasteiger partial charge in [-0.1, -0.05) is 0 Å². The summed E-state index contributed by atoms with van der Waals surface area (Å²) in [6.07, 6.45) is 2.97. The Bertz CT molecular complexity index is 248. The van der Waals surface area contributed by atoms with Gasteiger partial charge < -0.3 is 9.21 Å². The summed E-state index contributed by atoms with van der Waals surface area (Å²) in [6.45, 7) is 3.58. The zero-order chi connectivity index (χ0) is 8.27. The Labute approximate surface area is 66.2 Å². The Kier molecular flexibility index (Phi) is 2.47. The highest BCUT2D eigenvalue weighted by molar-refractivity contribution is 5.75. The Morgan fingerprint density at radius 1 is 1.64 bits per heavy atom. The number of Topliss-reactive ketones (excluding diaryl/α,β-unsaturated/α-hetero) is 1. The van der Waals surface area contributed by atoms with E-state index in [4.69, 9.17) is 4.42 Å². The molecular weight excluding hydrogens is 140 g/mol. The van der Waals surface area contributed by atoms with Crippen LogP contribution in [0.2, 0.25) is 0 Å². The molecule has 2 heteroatoms. The van der Waals surface area contributed by atoms with Gasteiger partial charge in [0.2, 0.25) is 0 Å². The first-order valence-electron chi connectivity index (χ1n) is 3.72. The van der Waals surface area contributed by atoms with Crippen molar-refractivity contribution in [3.63, 3.8) is 0 Å². The summed E-state index contributed by atoms with van der Waals surface area (Å²) in [5.41, 5.74) is 1.13. The largest absolute Gasteiger partial charge is 0.469 e. The van der Waals surface area contributed by atoms with Gasteiger partial charge in [0.15, 0.2) is 0 Å². The summed E-state index contributed by atoms with van der Waals surface area (Å²) in [4.78, 5) is 10.6. The average Bonchev–Trinajstić information content (AvgIpc) is 2.31. The molecule has 1 rings (SSSR count). The SMILES string of the molecule is CC(=O)CCc1occc1C. The molecule has 0 aromatic carbocycles. The van der Waals surface area contributed by atoms with E-state index in [1.165, 1.54) is 0 Å². The number of ketones is 1. The highest BCUT2D eigenvalue weighted by atomic mass is 16.3. The molecule has 0 saturated heterocycles. The summed E-state index contributed by atoms with van der Waals surface area (Å²) in [6, 6.07) is 1.91. The third kappa shape index (κ3) is 2.22. The molecule has 0 bridgehead atoms. The van der Waals surface area contributed by atoms with E-state index in [9.17, 15) is 4.79 Å². The van der Waals surface area contributed by atoms with Crippen LogP contribution in [0.1, 0.15) is 24.7 Å². The first-order chi connectivity index (χ1) is 5.20. The van der Waals surface area contributed by atoms with Crippen molar-refractivity contribution in [3.8, 4) is 0 Å². The molecule has 1 aromatic rings. The second kappa shape index (κ2) is 3.37. The Balaban J connectivity index is 2.51. The van der Waals surface area contributed by atoms with E-state index in [2.05, 4.69) is 0 Å². The fourth-order valence-electron chi connectivity index (χ4n) is 0.950. The lowest BCUT2D eigenvalue weighted by Crippen LogP contribution is -1.93. The van der Waals surface area contributed by atoms with Crippen molar-refractivity contribution in [3.05, 3.63) is 23.7 Å². The third-order valence-corrected chi connectivity index (χ3v) is 1.67. The van der Waals surface area contributed by atoms with E-state index >= 15 is 0 Å². The smallest absolute Gasteiger partial charge is 0.130 e. The van der Waals surface area contributed by atoms with Gasteiger partial charge in [-0.25, -0.2) is 0 Å². The minimum absolute atomic E-state index is 0.209. The fourth-order valence-corrected chi connectivity index (χ4v) is 0.950. The predicted molar refractivity (Wildman–Crippen MR) is 42.4 cm³/mol. The Hall–Kier alpha value is -1.05. The topological polar surface area (TPSA) is 30.2 Å². The third-order valence-electron chi connectivity index (χ3n) is 1.67. The highest BCUT2D eigenvalue weighted by Gasteiger charge is 2.02. The second-order valence-electron chi connectivity index (χ2n) is 2.73. The first-order valence-corrected chi connectivity index (χ1v) is 3.72. The Morgan fingerprint density at radius 3 is 2.82 bits per heavy atom. The van der Waals surface area contributed by atoms with E-state index in [0.717, 1.165) is 17.7 Å². The molecule has 1 heterocycles. The van der Waals surface area contributed by atoms with Gasteiger partial charge in [0, 0.05) is 12.8 Å². The van der Waals surface area contributed by atoms with Crippen LogP contribution in [-0.4, -0.2) is 5.78 Å². The average molecular weight is 152 g/mol. The van der Waals surface area contributed by atoms with Gasteiger partial charge in [0.1, 0.15) is 11.5 Å². The fraction of sp³-hybridized carbons (Fsp3) is 0.444. The molecule has 0 fully saturated rings. The van der Waals surface area contributed by atoms with Crippen molar-refractivity contribution >= 4 is 5.78 Å². The minimum Gasteiger partial charge on any atom is -0.469 e. The van der Waals surface area contributed by atoms with E-state index in [0.29, 0.717) is 6.42 Å². The summed E-state index contributed by atoms with van der Waals surface area (Å²) >= 11 is 0. The van der Waals surface area contributed by atoms with E-state index in [-0.39, 0.29) is 5.78 Å². The molecule has 2 nitrogen and oxygen atoms in total. The van der Waals surface area contributed by atoms with Gasteiger partial charge in [-0.05, 0) is 25.5 Å². The van der Waals surface area contributed by atoms with E-state index in [1.54, 1.807) is 13.2 Å².